The number of morpholine rings is 1. The second-order valence-corrected chi connectivity index (χ2v) is 10.6. The van der Waals surface area contributed by atoms with Gasteiger partial charge in [0.25, 0.3) is 0 Å². The Hall–Kier alpha value is -2.66. The van der Waals surface area contributed by atoms with Gasteiger partial charge < -0.3 is 15.0 Å². The molecular formula is C29H40N6O. The summed E-state index contributed by atoms with van der Waals surface area (Å²) in [5, 5.41) is 13.8. The molecule has 3 aliphatic heterocycles. The number of nitrogens with one attached hydrogen (secondary N) is 1. The number of pyridine rings is 1. The minimum absolute atomic E-state index is 0.755. The van der Waals surface area contributed by atoms with E-state index in [-0.39, 0.29) is 0 Å². The molecule has 2 saturated heterocycles. The maximum Gasteiger partial charge on any atom is 0.146 e. The second-order valence-electron chi connectivity index (χ2n) is 10.6. The lowest BCUT2D eigenvalue weighted by Crippen LogP contribution is -2.38. The van der Waals surface area contributed by atoms with E-state index in [1.807, 2.05) is 0 Å². The summed E-state index contributed by atoms with van der Waals surface area (Å²) in [7, 11) is 0. The highest BCUT2D eigenvalue weighted by atomic mass is 16.5. The maximum absolute atomic E-state index is 10.2. The van der Waals surface area contributed by atoms with Crippen molar-refractivity contribution in [3.8, 4) is 6.07 Å². The molecule has 7 nitrogen and oxygen atoms in total. The van der Waals surface area contributed by atoms with E-state index in [2.05, 4.69) is 63.3 Å². The number of hydrogen-bond donors (Lipinski definition) is 1. The van der Waals surface area contributed by atoms with Crippen LogP contribution in [0.1, 0.15) is 48.4 Å². The minimum atomic E-state index is 0.755. The number of nitriles is 1. The maximum atomic E-state index is 10.2. The van der Waals surface area contributed by atoms with Crippen molar-refractivity contribution in [3.63, 3.8) is 0 Å². The summed E-state index contributed by atoms with van der Waals surface area (Å²) in [6, 6.07) is 13.2. The highest BCUT2D eigenvalue weighted by molar-refractivity contribution is 5.67. The number of anilines is 2. The number of ether oxygens (including phenoxy) is 1. The van der Waals surface area contributed by atoms with Gasteiger partial charge in [0.2, 0.25) is 0 Å². The molecule has 0 saturated carbocycles. The van der Waals surface area contributed by atoms with Gasteiger partial charge in [0, 0.05) is 57.9 Å². The summed E-state index contributed by atoms with van der Waals surface area (Å²) in [4.78, 5) is 12.6. The highest BCUT2D eigenvalue weighted by Crippen LogP contribution is 2.35. The number of piperidine rings is 1. The van der Waals surface area contributed by atoms with Gasteiger partial charge in [-0.2, -0.15) is 5.26 Å². The highest BCUT2D eigenvalue weighted by Gasteiger charge is 2.29. The molecule has 1 aromatic heterocycles. The molecule has 0 radical (unpaired) electrons. The van der Waals surface area contributed by atoms with Crippen LogP contribution in [0, 0.1) is 17.2 Å². The average Bonchev–Trinajstić information content (AvgIpc) is 2.92. The summed E-state index contributed by atoms with van der Waals surface area (Å²) in [6.45, 7) is 12.7. The zero-order chi connectivity index (χ0) is 24.7. The lowest BCUT2D eigenvalue weighted by atomic mass is 9.93. The largest absolute Gasteiger partial charge is 0.379 e. The Morgan fingerprint density at radius 3 is 2.56 bits per heavy atom. The molecule has 3 aliphatic rings. The molecule has 0 bridgehead atoms. The summed E-state index contributed by atoms with van der Waals surface area (Å²) >= 11 is 0. The van der Waals surface area contributed by atoms with Crippen molar-refractivity contribution in [3.05, 3.63) is 52.6 Å². The van der Waals surface area contributed by atoms with Crippen molar-refractivity contribution in [2.75, 3.05) is 69.2 Å². The number of fused-ring (bicyclic) bond motifs is 1. The van der Waals surface area contributed by atoms with E-state index in [9.17, 15) is 5.26 Å². The second kappa shape index (κ2) is 12.1. The third-order valence-electron chi connectivity index (χ3n) is 7.94. The molecule has 0 spiro atoms. The lowest BCUT2D eigenvalue weighted by Gasteiger charge is -2.37. The summed E-state index contributed by atoms with van der Waals surface area (Å²) in [5.74, 6) is 2.65. The number of nitrogens with zero attached hydrogens (tertiary/aromatic N) is 5. The first-order valence-electron chi connectivity index (χ1n) is 13.7. The quantitative estimate of drug-likeness (QED) is 0.566. The van der Waals surface area contributed by atoms with Gasteiger partial charge in [-0.25, -0.2) is 4.98 Å². The van der Waals surface area contributed by atoms with Crippen LogP contribution in [0.3, 0.4) is 0 Å². The van der Waals surface area contributed by atoms with E-state index in [1.165, 1.54) is 29.5 Å². The van der Waals surface area contributed by atoms with Gasteiger partial charge in [-0.1, -0.05) is 37.3 Å². The number of benzene rings is 1. The van der Waals surface area contributed by atoms with Crippen LogP contribution in [0.25, 0.3) is 0 Å². The Balaban J connectivity index is 1.36. The molecule has 2 aromatic rings. The number of aromatic nitrogens is 1. The van der Waals surface area contributed by atoms with Crippen molar-refractivity contribution in [1.82, 2.24) is 14.8 Å². The molecule has 2 fully saturated rings. The first-order chi connectivity index (χ1) is 17.7. The zero-order valence-corrected chi connectivity index (χ0v) is 21.7. The van der Waals surface area contributed by atoms with Crippen molar-refractivity contribution in [2.24, 2.45) is 5.92 Å². The van der Waals surface area contributed by atoms with E-state index >= 15 is 0 Å². The molecule has 192 valence electrons. The Labute approximate surface area is 216 Å². The van der Waals surface area contributed by atoms with Gasteiger partial charge in [-0.3, -0.25) is 9.80 Å². The van der Waals surface area contributed by atoms with Gasteiger partial charge in [0.05, 0.1) is 18.8 Å². The van der Waals surface area contributed by atoms with Crippen LogP contribution < -0.4 is 10.2 Å². The average molecular weight is 489 g/mol. The van der Waals surface area contributed by atoms with Gasteiger partial charge in [0.15, 0.2) is 0 Å². The number of rotatable bonds is 8. The van der Waals surface area contributed by atoms with Crippen LogP contribution in [-0.2, 0) is 24.2 Å². The van der Waals surface area contributed by atoms with Crippen LogP contribution in [0.2, 0.25) is 0 Å². The van der Waals surface area contributed by atoms with Gasteiger partial charge in [-0.05, 0) is 49.3 Å². The molecule has 7 heteroatoms. The van der Waals surface area contributed by atoms with Gasteiger partial charge >= 0.3 is 0 Å². The molecule has 36 heavy (non-hydrogen) atoms. The third kappa shape index (κ3) is 6.00. The summed E-state index contributed by atoms with van der Waals surface area (Å²) < 4.78 is 5.47. The van der Waals surface area contributed by atoms with Crippen molar-refractivity contribution < 1.29 is 4.74 Å². The Kier molecular flexibility index (Phi) is 8.37. The van der Waals surface area contributed by atoms with Crippen LogP contribution >= 0.6 is 0 Å². The van der Waals surface area contributed by atoms with Gasteiger partial charge in [0.1, 0.15) is 17.7 Å². The van der Waals surface area contributed by atoms with Crippen LogP contribution in [0.5, 0.6) is 0 Å². The van der Waals surface area contributed by atoms with E-state index < -0.39 is 0 Å². The van der Waals surface area contributed by atoms with E-state index in [1.54, 1.807) is 0 Å². The fourth-order valence-electron chi connectivity index (χ4n) is 5.71. The SMILES string of the molecule is CC1CCN(c2nc(NCCCN3CCOCC3)c(C#N)c3c2CN(Cc2ccccc2)CC3)CC1. The smallest absolute Gasteiger partial charge is 0.146 e. The van der Waals surface area contributed by atoms with Crippen molar-refractivity contribution in [1.29, 1.82) is 5.26 Å². The molecule has 1 N–H and O–H groups in total. The fourth-order valence-corrected chi connectivity index (χ4v) is 5.71. The molecular weight excluding hydrogens is 448 g/mol. The normalized spacial score (nSPS) is 19.6. The van der Waals surface area contributed by atoms with Crippen molar-refractivity contribution in [2.45, 2.75) is 45.7 Å². The Bertz CT molecular complexity index is 1040. The van der Waals surface area contributed by atoms with Crippen LogP contribution in [0.15, 0.2) is 30.3 Å². The molecule has 0 atom stereocenters. The molecule has 0 aliphatic carbocycles. The predicted octanol–water partition coefficient (Wildman–Crippen LogP) is 3.88. The monoisotopic (exact) mass is 488 g/mol. The summed E-state index contributed by atoms with van der Waals surface area (Å²) in [5.41, 5.74) is 4.56. The third-order valence-corrected chi connectivity index (χ3v) is 7.94. The van der Waals surface area contributed by atoms with E-state index in [0.717, 1.165) is 108 Å². The standard InChI is InChI=1S/C29H40N6O/c1-23-8-14-35(15-9-23)29-27-22-34(21-24-6-3-2-4-7-24)13-10-25(27)26(20-30)28(32-29)31-11-5-12-33-16-18-36-19-17-33/h2-4,6-7,23H,5,8-19,21-22H2,1H3,(H,31,32). The first kappa shape index (κ1) is 25.0. The molecule has 5 rings (SSSR count). The minimum Gasteiger partial charge on any atom is -0.379 e. The molecule has 0 unspecified atom stereocenters. The molecule has 1 aromatic carbocycles. The Morgan fingerprint density at radius 1 is 1.03 bits per heavy atom. The molecule has 0 amide bonds. The summed E-state index contributed by atoms with van der Waals surface area (Å²) in [6.07, 6.45) is 4.33. The zero-order valence-electron chi connectivity index (χ0n) is 21.7. The first-order valence-corrected chi connectivity index (χ1v) is 13.7. The topological polar surface area (TPSA) is 67.7 Å². The number of hydrogen-bond acceptors (Lipinski definition) is 7. The van der Waals surface area contributed by atoms with E-state index in [4.69, 9.17) is 9.72 Å². The lowest BCUT2D eigenvalue weighted by molar-refractivity contribution is 0.0378. The Morgan fingerprint density at radius 2 is 1.81 bits per heavy atom. The molecule has 4 heterocycles. The van der Waals surface area contributed by atoms with Gasteiger partial charge in [-0.15, -0.1) is 0 Å². The van der Waals surface area contributed by atoms with E-state index in [0.29, 0.717) is 0 Å². The predicted molar refractivity (Wildman–Crippen MR) is 144 cm³/mol. The van der Waals surface area contributed by atoms with Crippen LogP contribution in [-0.4, -0.2) is 73.8 Å². The van der Waals surface area contributed by atoms with Crippen LogP contribution in [0.4, 0.5) is 11.6 Å². The fraction of sp³-hybridized carbons (Fsp3) is 0.586. The van der Waals surface area contributed by atoms with Crippen molar-refractivity contribution >= 4 is 11.6 Å².